The summed E-state index contributed by atoms with van der Waals surface area (Å²) in [5, 5.41) is 4.14. The quantitative estimate of drug-likeness (QED) is 0.609. The van der Waals surface area contributed by atoms with Crippen LogP contribution in [0, 0.1) is 6.92 Å². The molecule has 0 aliphatic carbocycles. The number of amides is 1. The lowest BCUT2D eigenvalue weighted by Gasteiger charge is -2.23. The van der Waals surface area contributed by atoms with Crippen LogP contribution in [0.3, 0.4) is 0 Å². The van der Waals surface area contributed by atoms with E-state index in [9.17, 15) is 4.79 Å². The Balaban J connectivity index is 1.53. The number of hydrogen-bond acceptors (Lipinski definition) is 5. The van der Waals surface area contributed by atoms with E-state index >= 15 is 0 Å². The smallest absolute Gasteiger partial charge is 0.249 e. The van der Waals surface area contributed by atoms with Gasteiger partial charge < -0.3 is 14.2 Å². The molecule has 0 radical (unpaired) electrons. The lowest BCUT2D eigenvalue weighted by atomic mass is 10.1. The highest BCUT2D eigenvalue weighted by atomic mass is 16.5. The highest BCUT2D eigenvalue weighted by Crippen LogP contribution is 2.34. The van der Waals surface area contributed by atoms with Crippen LogP contribution in [0.1, 0.15) is 49.7 Å². The number of benzene rings is 2. The zero-order chi connectivity index (χ0) is 20.4. The van der Waals surface area contributed by atoms with Gasteiger partial charge in [0.25, 0.3) is 0 Å². The fourth-order valence-electron chi connectivity index (χ4n) is 3.60. The highest BCUT2D eigenvalue weighted by molar-refractivity contribution is 5.79. The van der Waals surface area contributed by atoms with Gasteiger partial charge in [-0.15, -0.1) is 0 Å². The van der Waals surface area contributed by atoms with Gasteiger partial charge in [0.1, 0.15) is 11.8 Å². The first-order valence-corrected chi connectivity index (χ1v) is 9.96. The highest BCUT2D eigenvalue weighted by Gasteiger charge is 2.36. The van der Waals surface area contributed by atoms with Gasteiger partial charge in [-0.3, -0.25) is 4.79 Å². The van der Waals surface area contributed by atoms with Crippen molar-refractivity contribution in [2.24, 2.45) is 0 Å². The second kappa shape index (κ2) is 8.07. The molecule has 2 aromatic carbocycles. The van der Waals surface area contributed by atoms with E-state index in [1.54, 1.807) is 0 Å². The van der Waals surface area contributed by atoms with Gasteiger partial charge in [-0.25, -0.2) is 0 Å². The first-order chi connectivity index (χ1) is 14.0. The fraction of sp³-hybridized carbons (Fsp3) is 0.348. The molecule has 3 aromatic rings. The molecule has 6 heteroatoms. The van der Waals surface area contributed by atoms with Crippen LogP contribution >= 0.6 is 0 Å². The van der Waals surface area contributed by atoms with Gasteiger partial charge in [0.15, 0.2) is 0 Å². The molecule has 4 rings (SSSR count). The average molecular weight is 391 g/mol. The molecule has 150 valence electrons. The van der Waals surface area contributed by atoms with Crippen LogP contribution in [0.4, 0.5) is 0 Å². The van der Waals surface area contributed by atoms with Crippen molar-refractivity contribution in [1.82, 2.24) is 15.0 Å². The summed E-state index contributed by atoms with van der Waals surface area (Å²) in [5.74, 6) is 1.93. The van der Waals surface area contributed by atoms with Gasteiger partial charge in [0.2, 0.25) is 17.6 Å². The third-order valence-electron chi connectivity index (χ3n) is 5.14. The predicted molar refractivity (Wildman–Crippen MR) is 109 cm³/mol. The zero-order valence-electron chi connectivity index (χ0n) is 17.0. The molecule has 1 unspecified atom stereocenters. The van der Waals surface area contributed by atoms with Gasteiger partial charge in [0, 0.05) is 18.5 Å². The molecule has 29 heavy (non-hydrogen) atoms. The largest absolute Gasteiger partial charge is 0.491 e. The molecule has 1 fully saturated rings. The lowest BCUT2D eigenvalue weighted by molar-refractivity contribution is -0.130. The SMILES string of the molecule is Cc1ccccc1CN1C(=O)CCC1c1nc(-c2ccc(OC(C)C)cc2)no1. The van der Waals surface area contributed by atoms with E-state index in [-0.39, 0.29) is 18.1 Å². The van der Waals surface area contributed by atoms with Crippen molar-refractivity contribution in [3.05, 3.63) is 65.5 Å². The van der Waals surface area contributed by atoms with E-state index in [0.717, 1.165) is 16.9 Å². The second-order valence-electron chi connectivity index (χ2n) is 7.65. The minimum atomic E-state index is -0.188. The molecule has 0 saturated carbocycles. The Labute approximate surface area is 170 Å². The monoisotopic (exact) mass is 391 g/mol. The van der Waals surface area contributed by atoms with Gasteiger partial charge in [-0.1, -0.05) is 29.4 Å². The molecule has 1 saturated heterocycles. The van der Waals surface area contributed by atoms with E-state index in [1.165, 1.54) is 5.56 Å². The summed E-state index contributed by atoms with van der Waals surface area (Å²) in [7, 11) is 0. The first kappa shape index (κ1) is 19.2. The number of likely N-dealkylation sites (tertiary alicyclic amines) is 1. The zero-order valence-corrected chi connectivity index (χ0v) is 17.0. The van der Waals surface area contributed by atoms with Crippen molar-refractivity contribution in [1.29, 1.82) is 0 Å². The number of nitrogens with zero attached hydrogens (tertiary/aromatic N) is 3. The molecular formula is C23H25N3O3. The maximum atomic E-state index is 12.5. The maximum absolute atomic E-state index is 12.5. The summed E-state index contributed by atoms with van der Waals surface area (Å²) in [6.45, 7) is 6.59. The van der Waals surface area contributed by atoms with E-state index in [2.05, 4.69) is 29.2 Å². The van der Waals surface area contributed by atoms with E-state index < -0.39 is 0 Å². The van der Waals surface area contributed by atoms with Gasteiger partial charge in [-0.2, -0.15) is 4.98 Å². The third-order valence-corrected chi connectivity index (χ3v) is 5.14. The maximum Gasteiger partial charge on any atom is 0.249 e. The summed E-state index contributed by atoms with van der Waals surface area (Å²) >= 11 is 0. The summed E-state index contributed by atoms with van der Waals surface area (Å²) in [6.07, 6.45) is 1.31. The number of hydrogen-bond donors (Lipinski definition) is 0. The molecule has 0 N–H and O–H groups in total. The first-order valence-electron chi connectivity index (χ1n) is 9.96. The molecule has 2 heterocycles. The van der Waals surface area contributed by atoms with Gasteiger partial charge in [-0.05, 0) is 62.6 Å². The molecule has 1 amide bonds. The minimum Gasteiger partial charge on any atom is -0.491 e. The fourth-order valence-corrected chi connectivity index (χ4v) is 3.60. The van der Waals surface area contributed by atoms with Crippen molar-refractivity contribution in [3.63, 3.8) is 0 Å². The second-order valence-corrected chi connectivity index (χ2v) is 7.65. The number of aryl methyl sites for hydroxylation is 1. The van der Waals surface area contributed by atoms with E-state index in [1.807, 2.05) is 55.1 Å². The van der Waals surface area contributed by atoms with Crippen molar-refractivity contribution in [2.75, 3.05) is 0 Å². The van der Waals surface area contributed by atoms with Crippen LogP contribution in [-0.4, -0.2) is 27.1 Å². The van der Waals surface area contributed by atoms with E-state index in [4.69, 9.17) is 9.26 Å². The number of ether oxygens (including phenoxy) is 1. The molecule has 1 atom stereocenters. The van der Waals surface area contributed by atoms with Crippen molar-refractivity contribution in [3.8, 4) is 17.1 Å². The van der Waals surface area contributed by atoms with E-state index in [0.29, 0.717) is 31.1 Å². The predicted octanol–water partition coefficient (Wildman–Crippen LogP) is 4.70. The molecule has 1 aliphatic heterocycles. The third kappa shape index (κ3) is 4.16. The average Bonchev–Trinajstić information content (AvgIpc) is 3.31. The van der Waals surface area contributed by atoms with Crippen molar-refractivity contribution in [2.45, 2.75) is 52.3 Å². The summed E-state index contributed by atoms with van der Waals surface area (Å²) in [5.41, 5.74) is 3.15. The molecule has 0 bridgehead atoms. The van der Waals surface area contributed by atoms with Crippen LogP contribution in [0.25, 0.3) is 11.4 Å². The van der Waals surface area contributed by atoms with Crippen LogP contribution in [0.15, 0.2) is 53.1 Å². The number of rotatable bonds is 6. The molecular weight excluding hydrogens is 366 g/mol. The molecule has 6 nitrogen and oxygen atoms in total. The van der Waals surface area contributed by atoms with Crippen LogP contribution in [0.5, 0.6) is 5.75 Å². The summed E-state index contributed by atoms with van der Waals surface area (Å²) < 4.78 is 11.2. The Bertz CT molecular complexity index is 995. The van der Waals surface area contributed by atoms with Crippen molar-refractivity contribution >= 4 is 5.91 Å². The normalized spacial score (nSPS) is 16.6. The Morgan fingerprint density at radius 1 is 1.17 bits per heavy atom. The summed E-state index contributed by atoms with van der Waals surface area (Å²) in [4.78, 5) is 18.9. The Kier molecular flexibility index (Phi) is 5.34. The number of carbonyl (C=O) groups is 1. The van der Waals surface area contributed by atoms with Crippen molar-refractivity contribution < 1.29 is 14.1 Å². The molecule has 0 spiro atoms. The topological polar surface area (TPSA) is 68.5 Å². The Hall–Kier alpha value is -3.15. The van der Waals surface area contributed by atoms with Crippen LogP contribution < -0.4 is 4.74 Å². The van der Waals surface area contributed by atoms with Gasteiger partial charge in [0.05, 0.1) is 6.10 Å². The molecule has 1 aromatic heterocycles. The standard InChI is InChI=1S/C23H25N3O3/c1-15(2)28-19-10-8-17(9-11-19)22-24-23(29-25-22)20-12-13-21(27)26(20)14-18-7-5-4-6-16(18)3/h4-11,15,20H,12-14H2,1-3H3. The molecule has 1 aliphatic rings. The van der Waals surface area contributed by atoms with Gasteiger partial charge >= 0.3 is 0 Å². The minimum absolute atomic E-state index is 0.119. The Morgan fingerprint density at radius 3 is 2.66 bits per heavy atom. The number of aromatic nitrogens is 2. The number of carbonyl (C=O) groups excluding carboxylic acids is 1. The van der Waals surface area contributed by atoms with Crippen LogP contribution in [0.2, 0.25) is 0 Å². The summed E-state index contributed by atoms with van der Waals surface area (Å²) in [6, 6.07) is 15.5. The lowest BCUT2D eigenvalue weighted by Crippen LogP contribution is -2.27. The Morgan fingerprint density at radius 2 is 1.93 bits per heavy atom. The van der Waals surface area contributed by atoms with Crippen LogP contribution in [-0.2, 0) is 11.3 Å².